The molecule has 2 unspecified atom stereocenters. The molecule has 5 aromatic rings. The smallest absolute Gasteiger partial charge is 0.227 e. The first-order chi connectivity index (χ1) is 18.1. The molecule has 0 radical (unpaired) electrons. The van der Waals surface area contributed by atoms with Gasteiger partial charge in [0.25, 0.3) is 0 Å². The molecule has 0 amide bonds. The number of benzene rings is 2. The van der Waals surface area contributed by atoms with Crippen molar-refractivity contribution < 1.29 is 4.39 Å². The molecule has 2 aliphatic rings. The van der Waals surface area contributed by atoms with E-state index in [4.69, 9.17) is 4.98 Å². The Labute approximate surface area is 214 Å². The monoisotopic (exact) mass is 491 g/mol. The summed E-state index contributed by atoms with van der Waals surface area (Å²) in [5, 5.41) is 4.29. The minimum atomic E-state index is -0.222. The number of hydrogen-bond donors (Lipinski definition) is 1. The standard InChI is InChI=1S/C29H26FN7/c1-35-17-24-16-23(35)18-37(24)28-5-3-21(15-25(28)30)33-29-32-12-8-26(34-29)19-2-4-27-20(14-19)9-13-36(27)22-6-10-31-11-7-22/h2-15,23-24H,16-18H2,1H3,(H,32,33,34). The number of nitrogens with one attached hydrogen (secondary N) is 1. The molecular formula is C29H26FN7. The van der Waals surface area contributed by atoms with Gasteiger partial charge in [0.2, 0.25) is 5.95 Å². The van der Waals surface area contributed by atoms with Crippen molar-refractivity contribution in [2.24, 2.45) is 0 Å². The zero-order valence-electron chi connectivity index (χ0n) is 20.4. The van der Waals surface area contributed by atoms with Gasteiger partial charge < -0.3 is 14.8 Å². The van der Waals surface area contributed by atoms with Gasteiger partial charge in [0, 0.05) is 72.3 Å². The maximum absolute atomic E-state index is 15.1. The molecule has 1 N–H and O–H groups in total. The molecule has 2 atom stereocenters. The Morgan fingerprint density at radius 3 is 2.59 bits per heavy atom. The van der Waals surface area contributed by atoms with Crippen molar-refractivity contribution in [1.29, 1.82) is 0 Å². The van der Waals surface area contributed by atoms with Crippen molar-refractivity contribution >= 4 is 28.2 Å². The fraction of sp³-hybridized carbons (Fsp3) is 0.207. The van der Waals surface area contributed by atoms with Crippen LogP contribution in [0.2, 0.25) is 0 Å². The van der Waals surface area contributed by atoms with Gasteiger partial charge in [-0.25, -0.2) is 14.4 Å². The summed E-state index contributed by atoms with van der Waals surface area (Å²) < 4.78 is 17.2. The highest BCUT2D eigenvalue weighted by atomic mass is 19.1. The summed E-state index contributed by atoms with van der Waals surface area (Å²) >= 11 is 0. The topological polar surface area (TPSA) is 62.1 Å². The Bertz CT molecular complexity index is 1600. The normalized spacial score (nSPS) is 19.1. The van der Waals surface area contributed by atoms with Gasteiger partial charge in [-0.15, -0.1) is 0 Å². The van der Waals surface area contributed by atoms with Gasteiger partial charge in [-0.3, -0.25) is 9.88 Å². The zero-order valence-corrected chi connectivity index (χ0v) is 20.4. The highest BCUT2D eigenvalue weighted by Gasteiger charge is 2.42. The van der Waals surface area contributed by atoms with E-state index in [9.17, 15) is 0 Å². The third kappa shape index (κ3) is 3.90. The lowest BCUT2D eigenvalue weighted by atomic mass is 10.1. The fourth-order valence-electron chi connectivity index (χ4n) is 5.72. The molecule has 184 valence electrons. The fourth-order valence-corrected chi connectivity index (χ4v) is 5.72. The number of nitrogens with zero attached hydrogens (tertiary/aromatic N) is 6. The molecule has 2 saturated heterocycles. The van der Waals surface area contributed by atoms with Crippen molar-refractivity contribution in [2.75, 3.05) is 30.4 Å². The van der Waals surface area contributed by atoms with Gasteiger partial charge in [-0.05, 0) is 68.1 Å². The van der Waals surface area contributed by atoms with Crippen molar-refractivity contribution in [3.05, 3.63) is 91.3 Å². The molecule has 0 aliphatic carbocycles. The van der Waals surface area contributed by atoms with Gasteiger partial charge in [-0.2, -0.15) is 0 Å². The summed E-state index contributed by atoms with van der Waals surface area (Å²) in [5.74, 6) is 0.210. The lowest BCUT2D eigenvalue weighted by molar-refractivity contribution is 0.292. The molecule has 37 heavy (non-hydrogen) atoms. The van der Waals surface area contributed by atoms with Gasteiger partial charge in [0.1, 0.15) is 5.82 Å². The van der Waals surface area contributed by atoms with Crippen LogP contribution in [0.15, 0.2) is 85.5 Å². The highest BCUT2D eigenvalue weighted by molar-refractivity contribution is 5.86. The van der Waals surface area contributed by atoms with Crippen LogP contribution in [0.5, 0.6) is 0 Å². The number of anilines is 3. The first-order valence-electron chi connectivity index (χ1n) is 12.5. The minimum Gasteiger partial charge on any atom is -0.363 e. The number of pyridine rings is 1. The Hall–Kier alpha value is -4.30. The van der Waals surface area contributed by atoms with E-state index < -0.39 is 0 Å². The molecule has 3 aromatic heterocycles. The van der Waals surface area contributed by atoms with Crippen LogP contribution in [-0.2, 0) is 0 Å². The summed E-state index contributed by atoms with van der Waals surface area (Å²) in [4.78, 5) is 17.8. The number of halogens is 1. The maximum atomic E-state index is 15.1. The van der Waals surface area contributed by atoms with Crippen LogP contribution in [0.3, 0.4) is 0 Å². The predicted octanol–water partition coefficient (Wildman–Crippen LogP) is 5.26. The van der Waals surface area contributed by atoms with Gasteiger partial charge in [0.05, 0.1) is 16.9 Å². The number of aromatic nitrogens is 4. The van der Waals surface area contributed by atoms with Gasteiger partial charge >= 0.3 is 0 Å². The van der Waals surface area contributed by atoms with E-state index in [0.717, 1.165) is 47.4 Å². The molecule has 0 spiro atoms. The van der Waals surface area contributed by atoms with Crippen LogP contribution in [-0.4, -0.2) is 56.6 Å². The lowest BCUT2D eigenvalue weighted by Gasteiger charge is -2.33. The summed E-state index contributed by atoms with van der Waals surface area (Å²) in [7, 11) is 2.15. The first-order valence-corrected chi connectivity index (χ1v) is 12.5. The number of fused-ring (bicyclic) bond motifs is 3. The predicted molar refractivity (Wildman–Crippen MR) is 144 cm³/mol. The Balaban J connectivity index is 1.12. The van der Waals surface area contributed by atoms with Crippen molar-refractivity contribution in [1.82, 2.24) is 24.4 Å². The number of hydrogen-bond acceptors (Lipinski definition) is 6. The maximum Gasteiger partial charge on any atom is 0.227 e. The molecule has 2 fully saturated rings. The molecule has 0 saturated carbocycles. The quantitative estimate of drug-likeness (QED) is 0.362. The third-order valence-electron chi connectivity index (χ3n) is 7.61. The molecule has 2 aliphatic heterocycles. The molecule has 5 heterocycles. The number of likely N-dealkylation sites (N-methyl/N-ethyl adjacent to an activating group) is 1. The van der Waals surface area contributed by atoms with E-state index in [-0.39, 0.29) is 5.82 Å². The van der Waals surface area contributed by atoms with Crippen molar-refractivity contribution in [3.63, 3.8) is 0 Å². The second-order valence-electron chi connectivity index (χ2n) is 9.86. The second-order valence-corrected chi connectivity index (χ2v) is 9.86. The van der Waals surface area contributed by atoms with Gasteiger partial charge in [0.15, 0.2) is 0 Å². The van der Waals surface area contributed by atoms with Crippen LogP contribution in [0.1, 0.15) is 6.42 Å². The average molecular weight is 492 g/mol. The summed E-state index contributed by atoms with van der Waals surface area (Å²) in [6.07, 6.45) is 8.47. The molecule has 2 aromatic carbocycles. The molecule has 7 rings (SSSR count). The Morgan fingerprint density at radius 2 is 1.81 bits per heavy atom. The van der Waals surface area contributed by atoms with Crippen LogP contribution < -0.4 is 10.2 Å². The molecule has 2 bridgehead atoms. The van der Waals surface area contributed by atoms with Crippen molar-refractivity contribution in [3.8, 4) is 16.9 Å². The minimum absolute atomic E-state index is 0.222. The van der Waals surface area contributed by atoms with Crippen molar-refractivity contribution in [2.45, 2.75) is 18.5 Å². The first kappa shape index (κ1) is 21.9. The molecule has 8 heteroatoms. The van der Waals surface area contributed by atoms with Crippen LogP contribution >= 0.6 is 0 Å². The van der Waals surface area contributed by atoms with Crippen LogP contribution in [0.25, 0.3) is 27.8 Å². The Kier molecular flexibility index (Phi) is 5.14. The third-order valence-corrected chi connectivity index (χ3v) is 7.61. The number of likely N-dealkylation sites (tertiary alicyclic amines) is 1. The second kappa shape index (κ2) is 8.67. The van der Waals surface area contributed by atoms with E-state index in [0.29, 0.717) is 29.4 Å². The SMILES string of the molecule is CN1CC2CC1CN2c1ccc(Nc2nccc(-c3ccc4c(ccn4-c4ccncc4)c3)n2)cc1F. The molecular weight excluding hydrogens is 465 g/mol. The lowest BCUT2D eigenvalue weighted by Crippen LogP contribution is -2.44. The van der Waals surface area contributed by atoms with E-state index in [2.05, 4.69) is 67.2 Å². The van der Waals surface area contributed by atoms with E-state index >= 15 is 4.39 Å². The number of rotatable bonds is 5. The van der Waals surface area contributed by atoms with E-state index in [1.807, 2.05) is 30.3 Å². The summed E-state index contributed by atoms with van der Waals surface area (Å²) in [6, 6.07) is 20.4. The highest BCUT2D eigenvalue weighted by Crippen LogP contribution is 2.36. The Morgan fingerprint density at radius 1 is 0.919 bits per heavy atom. The summed E-state index contributed by atoms with van der Waals surface area (Å²) in [5.41, 5.74) is 5.26. The van der Waals surface area contributed by atoms with Crippen LogP contribution in [0, 0.1) is 5.82 Å². The van der Waals surface area contributed by atoms with Gasteiger partial charge in [-0.1, -0.05) is 6.07 Å². The largest absolute Gasteiger partial charge is 0.363 e. The zero-order chi connectivity index (χ0) is 24.9. The van der Waals surface area contributed by atoms with E-state index in [1.165, 1.54) is 6.07 Å². The van der Waals surface area contributed by atoms with E-state index in [1.54, 1.807) is 18.6 Å². The average Bonchev–Trinajstić information content (AvgIpc) is 3.63. The van der Waals surface area contributed by atoms with Crippen LogP contribution in [0.4, 0.5) is 21.7 Å². The molecule has 7 nitrogen and oxygen atoms in total. The summed E-state index contributed by atoms with van der Waals surface area (Å²) in [6.45, 7) is 1.87. The number of piperazine rings is 1.